The molecule has 1 aliphatic rings. The largest absolute Gasteiger partial charge is 0.481 e. The topological polar surface area (TPSA) is 68.2 Å². The highest BCUT2D eigenvalue weighted by Gasteiger charge is 2.22. The highest BCUT2D eigenvalue weighted by molar-refractivity contribution is 5.67. The maximum atomic E-state index is 10.6. The summed E-state index contributed by atoms with van der Waals surface area (Å²) < 4.78 is 15.6. The van der Waals surface area contributed by atoms with E-state index < -0.39 is 5.97 Å². The fourth-order valence-corrected chi connectivity index (χ4v) is 1.74. The van der Waals surface area contributed by atoms with Crippen LogP contribution in [0, 0.1) is 0 Å². The molecule has 0 radical (unpaired) electrons. The molecule has 1 fully saturated rings. The minimum Gasteiger partial charge on any atom is -0.481 e. The van der Waals surface area contributed by atoms with Crippen molar-refractivity contribution >= 4 is 5.97 Å². The van der Waals surface area contributed by atoms with Crippen molar-refractivity contribution in [2.24, 2.45) is 0 Å². The van der Waals surface area contributed by atoms with Gasteiger partial charge in [-0.25, -0.2) is 0 Å². The third-order valence-electron chi connectivity index (χ3n) is 2.61. The van der Waals surface area contributed by atoms with Gasteiger partial charge in [-0.3, -0.25) is 9.69 Å². The molecule has 0 spiro atoms. The standard InChI is InChI=1S/C11H21NO5/c1-15-6-7-16-4-2-12-3-5-17-10(9-12)8-11(13)14/h10H,2-9H2,1H3,(H,13,14). The molecule has 1 rings (SSSR count). The third kappa shape index (κ3) is 6.58. The molecule has 1 N–H and O–H groups in total. The molecule has 0 aliphatic carbocycles. The second-order valence-corrected chi connectivity index (χ2v) is 4.00. The Labute approximate surface area is 101 Å². The number of morpholine rings is 1. The zero-order valence-corrected chi connectivity index (χ0v) is 10.3. The molecule has 6 heteroatoms. The Morgan fingerprint density at radius 2 is 2.29 bits per heavy atom. The molecular formula is C11H21NO5. The van der Waals surface area contributed by atoms with Gasteiger partial charge >= 0.3 is 5.97 Å². The molecule has 0 aromatic rings. The fraction of sp³-hybridized carbons (Fsp3) is 0.909. The normalized spacial score (nSPS) is 21.6. The van der Waals surface area contributed by atoms with Gasteiger partial charge in [0.15, 0.2) is 0 Å². The SMILES string of the molecule is COCCOCCN1CCOC(CC(=O)O)C1. The molecule has 0 aromatic heterocycles. The molecule has 0 bridgehead atoms. The maximum Gasteiger partial charge on any atom is 0.306 e. The van der Waals surface area contributed by atoms with Crippen molar-refractivity contribution in [2.75, 3.05) is 53.2 Å². The van der Waals surface area contributed by atoms with Gasteiger partial charge in [0.25, 0.3) is 0 Å². The molecule has 0 aromatic carbocycles. The molecule has 17 heavy (non-hydrogen) atoms. The van der Waals surface area contributed by atoms with Crippen LogP contribution >= 0.6 is 0 Å². The predicted octanol–water partition coefficient (Wildman–Crippen LogP) is -0.175. The van der Waals surface area contributed by atoms with Crippen LogP contribution in [0.4, 0.5) is 0 Å². The monoisotopic (exact) mass is 247 g/mol. The van der Waals surface area contributed by atoms with E-state index in [0.29, 0.717) is 33.0 Å². The average Bonchev–Trinajstić information content (AvgIpc) is 2.28. The first kappa shape index (κ1) is 14.4. The van der Waals surface area contributed by atoms with E-state index in [1.54, 1.807) is 7.11 Å². The number of nitrogens with zero attached hydrogens (tertiary/aromatic N) is 1. The zero-order valence-electron chi connectivity index (χ0n) is 10.3. The Balaban J connectivity index is 2.09. The summed E-state index contributed by atoms with van der Waals surface area (Å²) in [7, 11) is 1.64. The molecule has 100 valence electrons. The van der Waals surface area contributed by atoms with Crippen molar-refractivity contribution in [1.29, 1.82) is 0 Å². The van der Waals surface area contributed by atoms with Crippen LogP contribution in [0.2, 0.25) is 0 Å². The Bertz CT molecular complexity index is 224. The van der Waals surface area contributed by atoms with E-state index >= 15 is 0 Å². The number of ether oxygens (including phenoxy) is 3. The molecule has 1 heterocycles. The van der Waals surface area contributed by atoms with Crippen molar-refractivity contribution < 1.29 is 24.1 Å². The van der Waals surface area contributed by atoms with Gasteiger partial charge in [-0.2, -0.15) is 0 Å². The second-order valence-electron chi connectivity index (χ2n) is 4.00. The average molecular weight is 247 g/mol. The summed E-state index contributed by atoms with van der Waals surface area (Å²) >= 11 is 0. The van der Waals surface area contributed by atoms with E-state index in [1.807, 2.05) is 0 Å². The number of carboxylic acids is 1. The molecular weight excluding hydrogens is 226 g/mol. The highest BCUT2D eigenvalue weighted by atomic mass is 16.5. The van der Waals surface area contributed by atoms with Crippen LogP contribution in [0.15, 0.2) is 0 Å². The summed E-state index contributed by atoms with van der Waals surface area (Å²) in [5.41, 5.74) is 0. The second kappa shape index (κ2) is 8.41. The highest BCUT2D eigenvalue weighted by Crippen LogP contribution is 2.08. The summed E-state index contributed by atoms with van der Waals surface area (Å²) in [5, 5.41) is 8.69. The molecule has 6 nitrogen and oxygen atoms in total. The van der Waals surface area contributed by atoms with Crippen LogP contribution in [-0.2, 0) is 19.0 Å². The predicted molar refractivity (Wildman–Crippen MR) is 61.1 cm³/mol. The molecule has 0 amide bonds. The van der Waals surface area contributed by atoms with Crippen LogP contribution in [-0.4, -0.2) is 75.3 Å². The van der Waals surface area contributed by atoms with Gasteiger partial charge in [0.05, 0.1) is 39.0 Å². The molecule has 1 atom stereocenters. The van der Waals surface area contributed by atoms with Crippen molar-refractivity contribution in [1.82, 2.24) is 4.90 Å². The van der Waals surface area contributed by atoms with Gasteiger partial charge < -0.3 is 19.3 Å². The first-order chi connectivity index (χ1) is 8.22. The summed E-state index contributed by atoms with van der Waals surface area (Å²) in [6.07, 6.45) is -0.124. The van der Waals surface area contributed by atoms with Gasteiger partial charge in [-0.05, 0) is 0 Å². The third-order valence-corrected chi connectivity index (χ3v) is 2.61. The minimum absolute atomic E-state index is 0.0705. The van der Waals surface area contributed by atoms with E-state index in [-0.39, 0.29) is 12.5 Å². The minimum atomic E-state index is -0.812. The van der Waals surface area contributed by atoms with E-state index in [9.17, 15) is 4.79 Å². The van der Waals surface area contributed by atoms with Gasteiger partial charge in [0.1, 0.15) is 0 Å². The molecule has 1 unspecified atom stereocenters. The van der Waals surface area contributed by atoms with Crippen molar-refractivity contribution in [2.45, 2.75) is 12.5 Å². The number of aliphatic carboxylic acids is 1. The van der Waals surface area contributed by atoms with Crippen LogP contribution in [0.5, 0.6) is 0 Å². The first-order valence-corrected chi connectivity index (χ1v) is 5.85. The van der Waals surface area contributed by atoms with Crippen molar-refractivity contribution in [3.63, 3.8) is 0 Å². The van der Waals surface area contributed by atoms with Crippen LogP contribution < -0.4 is 0 Å². The lowest BCUT2D eigenvalue weighted by atomic mass is 10.2. The Morgan fingerprint density at radius 3 is 3.00 bits per heavy atom. The van der Waals surface area contributed by atoms with Crippen molar-refractivity contribution in [3.8, 4) is 0 Å². The summed E-state index contributed by atoms with van der Waals surface area (Å²) in [5.74, 6) is -0.812. The number of methoxy groups -OCH3 is 1. The molecule has 1 aliphatic heterocycles. The van der Waals surface area contributed by atoms with Crippen LogP contribution in [0.1, 0.15) is 6.42 Å². The Hall–Kier alpha value is -0.690. The number of hydrogen-bond acceptors (Lipinski definition) is 5. The molecule has 0 saturated carbocycles. The summed E-state index contributed by atoms with van der Waals surface area (Å²) in [4.78, 5) is 12.7. The van der Waals surface area contributed by atoms with Crippen LogP contribution in [0.25, 0.3) is 0 Å². The van der Waals surface area contributed by atoms with E-state index in [4.69, 9.17) is 19.3 Å². The summed E-state index contributed by atoms with van der Waals surface area (Å²) in [6.45, 7) is 4.75. The van der Waals surface area contributed by atoms with Gasteiger partial charge in [0, 0.05) is 26.7 Å². The van der Waals surface area contributed by atoms with E-state index in [1.165, 1.54) is 0 Å². The number of carboxylic acid groups (broad SMARTS) is 1. The van der Waals surface area contributed by atoms with E-state index in [0.717, 1.165) is 13.1 Å². The van der Waals surface area contributed by atoms with Crippen molar-refractivity contribution in [3.05, 3.63) is 0 Å². The fourth-order valence-electron chi connectivity index (χ4n) is 1.74. The lowest BCUT2D eigenvalue weighted by Gasteiger charge is -2.32. The first-order valence-electron chi connectivity index (χ1n) is 5.85. The Kier molecular flexibility index (Phi) is 7.11. The molecule has 1 saturated heterocycles. The summed E-state index contributed by atoms with van der Waals surface area (Å²) in [6, 6.07) is 0. The van der Waals surface area contributed by atoms with Gasteiger partial charge in [-0.15, -0.1) is 0 Å². The van der Waals surface area contributed by atoms with Gasteiger partial charge in [0.2, 0.25) is 0 Å². The van der Waals surface area contributed by atoms with E-state index in [2.05, 4.69) is 4.90 Å². The lowest BCUT2D eigenvalue weighted by Crippen LogP contribution is -2.44. The van der Waals surface area contributed by atoms with Gasteiger partial charge in [-0.1, -0.05) is 0 Å². The Morgan fingerprint density at radius 1 is 1.47 bits per heavy atom. The number of rotatable bonds is 8. The smallest absolute Gasteiger partial charge is 0.306 e. The zero-order chi connectivity index (χ0) is 12.5. The number of hydrogen-bond donors (Lipinski definition) is 1. The lowest BCUT2D eigenvalue weighted by molar-refractivity contribution is -0.142. The number of carbonyl (C=O) groups is 1. The quantitative estimate of drug-likeness (QED) is 0.600. The van der Waals surface area contributed by atoms with Crippen LogP contribution in [0.3, 0.4) is 0 Å². The maximum absolute atomic E-state index is 10.6.